The van der Waals surface area contributed by atoms with Crippen LogP contribution in [0, 0.1) is 0 Å². The van der Waals surface area contributed by atoms with Gasteiger partial charge in [0.15, 0.2) is 6.10 Å². The Morgan fingerprint density at radius 1 is 0.727 bits per heavy atom. The molecule has 0 spiro atoms. The second-order valence-corrected chi connectivity index (χ2v) is 4.90. The van der Waals surface area contributed by atoms with Gasteiger partial charge in [0, 0.05) is 20.8 Å². The van der Waals surface area contributed by atoms with Crippen LogP contribution in [0.1, 0.15) is 66.7 Å². The molecule has 0 rings (SSSR count). The number of esters is 3. The van der Waals surface area contributed by atoms with Crippen molar-refractivity contribution in [1.29, 1.82) is 0 Å². The van der Waals surface area contributed by atoms with E-state index in [1.54, 1.807) is 0 Å². The van der Waals surface area contributed by atoms with Gasteiger partial charge in [-0.2, -0.15) is 0 Å². The summed E-state index contributed by atoms with van der Waals surface area (Å²) in [7, 11) is 0. The van der Waals surface area contributed by atoms with Crippen LogP contribution >= 0.6 is 0 Å². The van der Waals surface area contributed by atoms with Gasteiger partial charge in [-0.15, -0.1) is 0 Å². The normalized spacial score (nSPS) is 9.55. The summed E-state index contributed by atoms with van der Waals surface area (Å²) in [5.41, 5.74) is 0. The standard InChI is InChI=1S/C9H14O6.C7H16/c1-6(10)13-4-9(15-8(3)12)5-14-7(2)11;1-3-5-7-6-4-2/h9H,4-5H2,1-3H3;3-7H2,1-2H3. The molecule has 0 atom stereocenters. The lowest BCUT2D eigenvalue weighted by molar-refractivity contribution is -0.163. The first-order valence-corrected chi connectivity index (χ1v) is 7.77. The number of rotatable bonds is 9. The highest BCUT2D eigenvalue weighted by molar-refractivity contribution is 5.67. The van der Waals surface area contributed by atoms with E-state index in [0.717, 1.165) is 0 Å². The highest BCUT2D eigenvalue weighted by atomic mass is 16.6. The Hall–Kier alpha value is -1.59. The summed E-state index contributed by atoms with van der Waals surface area (Å²) in [6, 6.07) is 0. The molecule has 0 aromatic carbocycles. The van der Waals surface area contributed by atoms with Crippen LogP contribution in [0.3, 0.4) is 0 Å². The van der Waals surface area contributed by atoms with E-state index in [1.807, 2.05) is 0 Å². The van der Waals surface area contributed by atoms with Gasteiger partial charge < -0.3 is 14.2 Å². The van der Waals surface area contributed by atoms with Crippen molar-refractivity contribution in [2.75, 3.05) is 13.2 Å². The van der Waals surface area contributed by atoms with Gasteiger partial charge in [-0.25, -0.2) is 0 Å². The van der Waals surface area contributed by atoms with Gasteiger partial charge in [0.1, 0.15) is 13.2 Å². The molecule has 130 valence electrons. The molecule has 0 radical (unpaired) electrons. The molecule has 0 unspecified atom stereocenters. The van der Waals surface area contributed by atoms with Crippen molar-refractivity contribution in [3.8, 4) is 0 Å². The van der Waals surface area contributed by atoms with Gasteiger partial charge in [0.05, 0.1) is 0 Å². The van der Waals surface area contributed by atoms with E-state index < -0.39 is 24.0 Å². The van der Waals surface area contributed by atoms with E-state index in [0.29, 0.717) is 0 Å². The van der Waals surface area contributed by atoms with Crippen LogP contribution in [0.2, 0.25) is 0 Å². The maximum atomic E-state index is 10.6. The average Bonchev–Trinajstić information content (AvgIpc) is 2.42. The van der Waals surface area contributed by atoms with Crippen LogP contribution in [0.15, 0.2) is 0 Å². The maximum Gasteiger partial charge on any atom is 0.303 e. The fourth-order valence-electron chi connectivity index (χ4n) is 1.45. The molecule has 6 heteroatoms. The van der Waals surface area contributed by atoms with E-state index in [1.165, 1.54) is 52.9 Å². The van der Waals surface area contributed by atoms with Crippen LogP contribution in [-0.4, -0.2) is 37.2 Å². The SMILES string of the molecule is CC(=O)OCC(COC(C)=O)OC(C)=O.CCCCCCC. The quantitative estimate of drug-likeness (QED) is 0.369. The van der Waals surface area contributed by atoms with Crippen molar-refractivity contribution in [3.63, 3.8) is 0 Å². The second-order valence-electron chi connectivity index (χ2n) is 4.90. The van der Waals surface area contributed by atoms with Gasteiger partial charge in [-0.05, 0) is 0 Å². The Morgan fingerprint density at radius 3 is 1.41 bits per heavy atom. The zero-order valence-electron chi connectivity index (χ0n) is 14.5. The number of carbonyl (C=O) groups excluding carboxylic acids is 3. The minimum atomic E-state index is -0.754. The van der Waals surface area contributed by atoms with Gasteiger partial charge in [-0.1, -0.05) is 46.0 Å². The maximum absolute atomic E-state index is 10.6. The molecule has 0 bridgehead atoms. The Kier molecular flexibility index (Phi) is 16.3. The van der Waals surface area contributed by atoms with Crippen LogP contribution in [0.5, 0.6) is 0 Å². The molecule has 0 aromatic rings. The lowest BCUT2D eigenvalue weighted by atomic mass is 10.2. The lowest BCUT2D eigenvalue weighted by Gasteiger charge is -2.15. The summed E-state index contributed by atoms with van der Waals surface area (Å²) in [5.74, 6) is -1.51. The summed E-state index contributed by atoms with van der Waals surface area (Å²) in [6.07, 6.45) is 6.25. The number of ether oxygens (including phenoxy) is 3. The molecule has 0 saturated heterocycles. The number of hydrogen-bond donors (Lipinski definition) is 0. The number of unbranched alkanes of at least 4 members (excludes halogenated alkanes) is 4. The predicted molar refractivity (Wildman–Crippen MR) is 83.3 cm³/mol. The second kappa shape index (κ2) is 15.8. The van der Waals surface area contributed by atoms with Gasteiger partial charge in [0.25, 0.3) is 0 Å². The third-order valence-electron chi connectivity index (χ3n) is 2.48. The van der Waals surface area contributed by atoms with Gasteiger partial charge in [0.2, 0.25) is 0 Å². The third-order valence-corrected chi connectivity index (χ3v) is 2.48. The molecule has 0 fully saturated rings. The minimum Gasteiger partial charge on any atom is -0.462 e. The summed E-state index contributed by atoms with van der Waals surface area (Å²) in [5, 5.41) is 0. The first-order chi connectivity index (χ1) is 10.3. The highest BCUT2D eigenvalue weighted by Gasteiger charge is 2.15. The Morgan fingerprint density at radius 2 is 1.14 bits per heavy atom. The summed E-state index contributed by atoms with van der Waals surface area (Å²) >= 11 is 0. The summed E-state index contributed by atoms with van der Waals surface area (Å²) in [6.45, 7) is 7.93. The topological polar surface area (TPSA) is 78.9 Å². The highest BCUT2D eigenvalue weighted by Crippen LogP contribution is 2.00. The van der Waals surface area contributed by atoms with Crippen LogP contribution in [0.4, 0.5) is 0 Å². The molecule has 0 aliphatic heterocycles. The summed E-state index contributed by atoms with van der Waals surface area (Å²) in [4.78, 5) is 31.6. The lowest BCUT2D eigenvalue weighted by Crippen LogP contribution is -2.29. The Labute approximate surface area is 133 Å². The molecular weight excluding hydrogens is 288 g/mol. The van der Waals surface area contributed by atoms with E-state index in [-0.39, 0.29) is 13.2 Å². The third kappa shape index (κ3) is 20.7. The smallest absolute Gasteiger partial charge is 0.303 e. The Bertz CT molecular complexity index is 292. The van der Waals surface area contributed by atoms with Crippen molar-refractivity contribution >= 4 is 17.9 Å². The van der Waals surface area contributed by atoms with Crippen LogP contribution < -0.4 is 0 Å². The van der Waals surface area contributed by atoms with Crippen molar-refractivity contribution in [1.82, 2.24) is 0 Å². The van der Waals surface area contributed by atoms with Crippen LogP contribution in [-0.2, 0) is 28.6 Å². The van der Waals surface area contributed by atoms with E-state index in [9.17, 15) is 14.4 Å². The average molecular weight is 318 g/mol. The van der Waals surface area contributed by atoms with Crippen LogP contribution in [0.25, 0.3) is 0 Å². The molecule has 0 aliphatic rings. The molecule has 0 N–H and O–H groups in total. The van der Waals surface area contributed by atoms with Crippen molar-refractivity contribution in [3.05, 3.63) is 0 Å². The summed E-state index contributed by atoms with van der Waals surface area (Å²) < 4.78 is 14.0. The monoisotopic (exact) mass is 318 g/mol. The van der Waals surface area contributed by atoms with E-state index >= 15 is 0 Å². The molecule has 0 heterocycles. The molecule has 0 aromatic heterocycles. The molecular formula is C16H30O6. The Balaban J connectivity index is 0. The number of hydrogen-bond acceptors (Lipinski definition) is 6. The zero-order valence-corrected chi connectivity index (χ0v) is 14.5. The fourth-order valence-corrected chi connectivity index (χ4v) is 1.45. The molecule has 0 amide bonds. The predicted octanol–water partition coefficient (Wildman–Crippen LogP) is 3.02. The first-order valence-electron chi connectivity index (χ1n) is 7.77. The number of carbonyl (C=O) groups is 3. The minimum absolute atomic E-state index is 0.123. The van der Waals surface area contributed by atoms with Gasteiger partial charge in [-0.3, -0.25) is 14.4 Å². The zero-order chi connectivity index (χ0) is 17.4. The fraction of sp³-hybridized carbons (Fsp3) is 0.812. The van der Waals surface area contributed by atoms with Crippen molar-refractivity contribution in [2.45, 2.75) is 72.8 Å². The molecule has 0 aliphatic carbocycles. The van der Waals surface area contributed by atoms with Crippen molar-refractivity contribution in [2.24, 2.45) is 0 Å². The van der Waals surface area contributed by atoms with Gasteiger partial charge >= 0.3 is 17.9 Å². The molecule has 0 saturated carbocycles. The molecule has 22 heavy (non-hydrogen) atoms. The van der Waals surface area contributed by atoms with E-state index in [4.69, 9.17) is 4.74 Å². The van der Waals surface area contributed by atoms with E-state index in [2.05, 4.69) is 23.3 Å². The van der Waals surface area contributed by atoms with Crippen molar-refractivity contribution < 1.29 is 28.6 Å². The molecule has 6 nitrogen and oxygen atoms in total. The largest absolute Gasteiger partial charge is 0.462 e. The first kappa shape index (κ1) is 22.7.